The van der Waals surface area contributed by atoms with Crippen molar-refractivity contribution >= 4 is 0 Å². The fourth-order valence-electron chi connectivity index (χ4n) is 1.38. The van der Waals surface area contributed by atoms with Gasteiger partial charge in [-0.3, -0.25) is 0 Å². The first-order valence-corrected chi connectivity index (χ1v) is 4.76. The molecule has 0 N–H and O–H groups in total. The van der Waals surface area contributed by atoms with Crippen LogP contribution in [0.25, 0.3) is 0 Å². The molecule has 0 unspecified atom stereocenters. The average molecular weight is 200 g/mol. The normalized spacial score (nSPS) is 9.93. The summed E-state index contributed by atoms with van der Waals surface area (Å²) in [7, 11) is 1.67. The minimum Gasteiger partial charge on any atom is -0.497 e. The number of benzene rings is 1. The number of aromatic nitrogens is 2. The van der Waals surface area contributed by atoms with Crippen LogP contribution in [0.1, 0.15) is 11.3 Å². The molecular formula is C12H12N2O. The number of hydrogen-bond donors (Lipinski definition) is 0. The molecule has 0 fully saturated rings. The van der Waals surface area contributed by atoms with Gasteiger partial charge in [-0.1, -0.05) is 12.1 Å². The molecule has 0 spiro atoms. The third kappa shape index (κ3) is 2.53. The third-order valence-corrected chi connectivity index (χ3v) is 2.19. The Balaban J connectivity index is 2.11. The van der Waals surface area contributed by atoms with E-state index in [1.165, 1.54) is 5.56 Å². The van der Waals surface area contributed by atoms with E-state index in [9.17, 15) is 0 Å². The van der Waals surface area contributed by atoms with Crippen molar-refractivity contribution in [3.8, 4) is 5.75 Å². The van der Waals surface area contributed by atoms with E-state index in [1.54, 1.807) is 19.6 Å². The van der Waals surface area contributed by atoms with Crippen LogP contribution in [0.15, 0.2) is 42.9 Å². The van der Waals surface area contributed by atoms with E-state index < -0.39 is 0 Å². The van der Waals surface area contributed by atoms with E-state index in [2.05, 4.69) is 9.97 Å². The molecule has 3 nitrogen and oxygen atoms in total. The van der Waals surface area contributed by atoms with E-state index >= 15 is 0 Å². The summed E-state index contributed by atoms with van der Waals surface area (Å²) in [5, 5.41) is 0. The maximum Gasteiger partial charge on any atom is 0.118 e. The van der Waals surface area contributed by atoms with Gasteiger partial charge in [0.05, 0.1) is 7.11 Å². The molecule has 0 atom stereocenters. The van der Waals surface area contributed by atoms with Gasteiger partial charge in [-0.15, -0.1) is 0 Å². The van der Waals surface area contributed by atoms with E-state index in [-0.39, 0.29) is 0 Å². The van der Waals surface area contributed by atoms with Crippen LogP contribution < -0.4 is 4.74 Å². The molecular weight excluding hydrogens is 188 g/mol. The molecule has 1 aromatic heterocycles. The molecule has 1 heterocycles. The lowest BCUT2D eigenvalue weighted by Crippen LogP contribution is -1.92. The Morgan fingerprint density at radius 1 is 1.13 bits per heavy atom. The van der Waals surface area contributed by atoms with Crippen molar-refractivity contribution in [1.29, 1.82) is 0 Å². The predicted octanol–water partition coefficient (Wildman–Crippen LogP) is 2.08. The second-order valence-corrected chi connectivity index (χ2v) is 3.23. The summed E-state index contributed by atoms with van der Waals surface area (Å²) in [6, 6.07) is 9.92. The van der Waals surface area contributed by atoms with E-state index in [1.807, 2.05) is 30.3 Å². The fraction of sp³-hybridized carbons (Fsp3) is 0.167. The highest BCUT2D eigenvalue weighted by Crippen LogP contribution is 2.13. The SMILES string of the molecule is COc1ccc(Cc2ccncn2)cc1. The molecule has 0 amide bonds. The topological polar surface area (TPSA) is 35.0 Å². The van der Waals surface area contributed by atoms with Crippen molar-refractivity contribution in [2.45, 2.75) is 6.42 Å². The molecule has 0 aliphatic heterocycles. The van der Waals surface area contributed by atoms with Gasteiger partial charge in [-0.2, -0.15) is 0 Å². The molecule has 0 bridgehead atoms. The minimum atomic E-state index is 0.826. The fourth-order valence-corrected chi connectivity index (χ4v) is 1.38. The van der Waals surface area contributed by atoms with Gasteiger partial charge in [0, 0.05) is 18.3 Å². The number of hydrogen-bond acceptors (Lipinski definition) is 3. The van der Waals surface area contributed by atoms with Crippen LogP contribution in [0.4, 0.5) is 0 Å². The number of methoxy groups -OCH3 is 1. The zero-order valence-electron chi connectivity index (χ0n) is 8.55. The molecule has 1 aromatic carbocycles. The Bertz CT molecular complexity index is 411. The minimum absolute atomic E-state index is 0.826. The van der Waals surface area contributed by atoms with Crippen LogP contribution in [-0.2, 0) is 6.42 Å². The lowest BCUT2D eigenvalue weighted by atomic mass is 10.1. The molecule has 0 aliphatic carbocycles. The van der Waals surface area contributed by atoms with Crippen molar-refractivity contribution in [1.82, 2.24) is 9.97 Å². The van der Waals surface area contributed by atoms with Crippen molar-refractivity contribution in [2.24, 2.45) is 0 Å². The Morgan fingerprint density at radius 2 is 1.93 bits per heavy atom. The summed E-state index contributed by atoms with van der Waals surface area (Å²) >= 11 is 0. The van der Waals surface area contributed by atoms with Crippen molar-refractivity contribution in [3.63, 3.8) is 0 Å². The molecule has 15 heavy (non-hydrogen) atoms. The average Bonchev–Trinajstić information content (AvgIpc) is 2.31. The van der Waals surface area contributed by atoms with Crippen LogP contribution in [0.3, 0.4) is 0 Å². The standard InChI is InChI=1S/C12H12N2O/c1-15-12-4-2-10(3-5-12)8-11-6-7-13-9-14-11/h2-7,9H,8H2,1H3. The smallest absolute Gasteiger partial charge is 0.118 e. The van der Waals surface area contributed by atoms with Crippen LogP contribution in [0.5, 0.6) is 5.75 Å². The highest BCUT2D eigenvalue weighted by Gasteiger charge is 1.97. The predicted molar refractivity (Wildman–Crippen MR) is 57.8 cm³/mol. The van der Waals surface area contributed by atoms with Crippen LogP contribution in [0.2, 0.25) is 0 Å². The zero-order chi connectivity index (χ0) is 10.5. The van der Waals surface area contributed by atoms with Crippen molar-refractivity contribution in [2.75, 3.05) is 7.11 Å². The number of ether oxygens (including phenoxy) is 1. The number of rotatable bonds is 3. The number of nitrogens with zero attached hydrogens (tertiary/aromatic N) is 2. The second-order valence-electron chi connectivity index (χ2n) is 3.23. The Kier molecular flexibility index (Phi) is 2.93. The summed E-state index contributed by atoms with van der Waals surface area (Å²) in [6.07, 6.45) is 4.15. The zero-order valence-corrected chi connectivity index (χ0v) is 8.55. The Labute approximate surface area is 88.8 Å². The van der Waals surface area contributed by atoms with Gasteiger partial charge in [0.1, 0.15) is 12.1 Å². The highest BCUT2D eigenvalue weighted by molar-refractivity contribution is 5.29. The summed E-state index contributed by atoms with van der Waals surface area (Å²) in [4.78, 5) is 8.06. The van der Waals surface area contributed by atoms with Gasteiger partial charge < -0.3 is 4.74 Å². The second kappa shape index (κ2) is 4.55. The molecule has 3 heteroatoms. The summed E-state index contributed by atoms with van der Waals surface area (Å²) in [6.45, 7) is 0. The highest BCUT2D eigenvalue weighted by atomic mass is 16.5. The molecule has 2 rings (SSSR count). The monoisotopic (exact) mass is 200 g/mol. The van der Waals surface area contributed by atoms with E-state index in [4.69, 9.17) is 4.74 Å². The quantitative estimate of drug-likeness (QED) is 0.760. The summed E-state index contributed by atoms with van der Waals surface area (Å²) in [5.74, 6) is 0.876. The van der Waals surface area contributed by atoms with Crippen LogP contribution >= 0.6 is 0 Å². The third-order valence-electron chi connectivity index (χ3n) is 2.19. The maximum absolute atomic E-state index is 5.09. The van der Waals surface area contributed by atoms with Crippen LogP contribution in [0, 0.1) is 0 Å². The van der Waals surface area contributed by atoms with Crippen molar-refractivity contribution < 1.29 is 4.74 Å². The van der Waals surface area contributed by atoms with Crippen LogP contribution in [-0.4, -0.2) is 17.1 Å². The molecule has 2 aromatic rings. The summed E-state index contributed by atoms with van der Waals surface area (Å²) in [5.41, 5.74) is 2.24. The van der Waals surface area contributed by atoms with Gasteiger partial charge in [-0.05, 0) is 23.8 Å². The van der Waals surface area contributed by atoms with Gasteiger partial charge in [0.25, 0.3) is 0 Å². The molecule has 76 valence electrons. The molecule has 0 aliphatic rings. The molecule has 0 saturated heterocycles. The first-order valence-electron chi connectivity index (χ1n) is 4.76. The van der Waals surface area contributed by atoms with Gasteiger partial charge in [-0.25, -0.2) is 9.97 Å². The lowest BCUT2D eigenvalue weighted by molar-refractivity contribution is 0.414. The van der Waals surface area contributed by atoms with Gasteiger partial charge >= 0.3 is 0 Å². The maximum atomic E-state index is 5.09. The Hall–Kier alpha value is -1.90. The first-order chi connectivity index (χ1) is 7.38. The van der Waals surface area contributed by atoms with Crippen molar-refractivity contribution in [3.05, 3.63) is 54.1 Å². The molecule has 0 saturated carbocycles. The lowest BCUT2D eigenvalue weighted by Gasteiger charge is -2.02. The summed E-state index contributed by atoms with van der Waals surface area (Å²) < 4.78 is 5.09. The van der Waals surface area contributed by atoms with E-state index in [0.29, 0.717) is 0 Å². The van der Waals surface area contributed by atoms with Gasteiger partial charge in [0.2, 0.25) is 0 Å². The Morgan fingerprint density at radius 3 is 2.53 bits per heavy atom. The molecule has 0 radical (unpaired) electrons. The first kappa shape index (κ1) is 9.65. The van der Waals surface area contributed by atoms with Gasteiger partial charge in [0.15, 0.2) is 0 Å². The van der Waals surface area contributed by atoms with E-state index in [0.717, 1.165) is 17.9 Å². The largest absolute Gasteiger partial charge is 0.497 e.